The van der Waals surface area contributed by atoms with Gasteiger partial charge in [-0.25, -0.2) is 0 Å². The molecule has 1 heterocycles. The van der Waals surface area contributed by atoms with Crippen molar-refractivity contribution < 1.29 is 4.74 Å². The van der Waals surface area contributed by atoms with Gasteiger partial charge in [-0.15, -0.1) is 0 Å². The van der Waals surface area contributed by atoms with E-state index in [4.69, 9.17) is 16.3 Å². The van der Waals surface area contributed by atoms with E-state index in [-0.39, 0.29) is 11.3 Å². The van der Waals surface area contributed by atoms with Crippen molar-refractivity contribution in [2.45, 2.75) is 13.8 Å². The molecule has 0 bridgehead atoms. The number of likely N-dealkylation sites (N-methyl/N-ethyl adjacent to an activating group) is 1. The van der Waals surface area contributed by atoms with Crippen molar-refractivity contribution in [3.8, 4) is 6.01 Å². The summed E-state index contributed by atoms with van der Waals surface area (Å²) in [5.74, 6) is 0.493. The highest BCUT2D eigenvalue weighted by molar-refractivity contribution is 6.28. The fraction of sp³-hybridized carbons (Fsp3) is 0.727. The quantitative estimate of drug-likeness (QED) is 0.747. The Labute approximate surface area is 113 Å². The lowest BCUT2D eigenvalue weighted by Gasteiger charge is -2.17. The molecule has 0 radical (unpaired) electrons. The monoisotopic (exact) mass is 273 g/mol. The summed E-state index contributed by atoms with van der Waals surface area (Å²) < 4.78 is 5.50. The largest absolute Gasteiger partial charge is 0.462 e. The van der Waals surface area contributed by atoms with Crippen LogP contribution < -0.4 is 9.64 Å². The lowest BCUT2D eigenvalue weighted by Crippen LogP contribution is -2.28. The molecule has 0 N–H and O–H groups in total. The van der Waals surface area contributed by atoms with E-state index < -0.39 is 0 Å². The highest BCUT2D eigenvalue weighted by Crippen LogP contribution is 2.12. The molecule has 0 aromatic carbocycles. The van der Waals surface area contributed by atoms with Crippen LogP contribution in [0.2, 0.25) is 5.28 Å². The first-order chi connectivity index (χ1) is 8.56. The van der Waals surface area contributed by atoms with Gasteiger partial charge in [0.1, 0.15) is 6.61 Å². The van der Waals surface area contributed by atoms with Gasteiger partial charge in [-0.3, -0.25) is 0 Å². The molecule has 1 aromatic rings. The van der Waals surface area contributed by atoms with Gasteiger partial charge >= 0.3 is 6.01 Å². The number of halogens is 1. The molecule has 0 fully saturated rings. The molecule has 0 saturated carbocycles. The molecule has 102 valence electrons. The van der Waals surface area contributed by atoms with Crippen LogP contribution in [0, 0.1) is 0 Å². The first-order valence-corrected chi connectivity index (χ1v) is 6.38. The molecule has 7 heteroatoms. The molecule has 0 aliphatic heterocycles. The molecule has 0 aliphatic carbocycles. The van der Waals surface area contributed by atoms with Crippen LogP contribution in [0.3, 0.4) is 0 Å². The average Bonchev–Trinajstić information content (AvgIpc) is 2.34. The SMILES string of the molecule is CCN(CC)CCOc1nc(Cl)nc(N(C)C)n1. The van der Waals surface area contributed by atoms with Crippen LogP contribution in [-0.4, -0.2) is 60.2 Å². The van der Waals surface area contributed by atoms with Crippen molar-refractivity contribution >= 4 is 17.5 Å². The smallest absolute Gasteiger partial charge is 0.322 e. The summed E-state index contributed by atoms with van der Waals surface area (Å²) in [5.41, 5.74) is 0. The van der Waals surface area contributed by atoms with Gasteiger partial charge < -0.3 is 14.5 Å². The van der Waals surface area contributed by atoms with Crippen LogP contribution in [-0.2, 0) is 0 Å². The third-order valence-electron chi connectivity index (χ3n) is 2.51. The second kappa shape index (κ2) is 7.33. The minimum atomic E-state index is 0.145. The van der Waals surface area contributed by atoms with Crippen molar-refractivity contribution in [3.05, 3.63) is 5.28 Å². The standard InChI is InChI=1S/C11H20ClN5O/c1-5-17(6-2)7-8-18-11-14-9(12)13-10(15-11)16(3)4/h5-8H2,1-4H3. The van der Waals surface area contributed by atoms with Gasteiger partial charge in [0.25, 0.3) is 0 Å². The Morgan fingerprint density at radius 3 is 2.33 bits per heavy atom. The number of hydrogen-bond acceptors (Lipinski definition) is 6. The Balaban J connectivity index is 2.56. The molecule has 0 unspecified atom stereocenters. The molecule has 0 amide bonds. The summed E-state index contributed by atoms with van der Waals surface area (Å²) in [5, 5.41) is 0.145. The summed E-state index contributed by atoms with van der Waals surface area (Å²) in [4.78, 5) is 16.1. The van der Waals surface area contributed by atoms with Crippen molar-refractivity contribution in [1.82, 2.24) is 19.9 Å². The third-order valence-corrected chi connectivity index (χ3v) is 2.68. The number of aromatic nitrogens is 3. The van der Waals surface area contributed by atoms with Gasteiger partial charge in [0, 0.05) is 20.6 Å². The van der Waals surface area contributed by atoms with E-state index in [0.717, 1.165) is 19.6 Å². The second-order valence-electron chi connectivity index (χ2n) is 3.96. The van der Waals surface area contributed by atoms with E-state index in [0.29, 0.717) is 12.6 Å². The van der Waals surface area contributed by atoms with E-state index in [2.05, 4.69) is 33.7 Å². The van der Waals surface area contributed by atoms with Gasteiger partial charge in [-0.1, -0.05) is 13.8 Å². The van der Waals surface area contributed by atoms with Crippen molar-refractivity contribution in [2.24, 2.45) is 0 Å². The lowest BCUT2D eigenvalue weighted by molar-refractivity contribution is 0.212. The Morgan fingerprint density at radius 2 is 1.78 bits per heavy atom. The van der Waals surface area contributed by atoms with Crippen LogP contribution in [0.4, 0.5) is 5.95 Å². The molecular weight excluding hydrogens is 254 g/mol. The van der Waals surface area contributed by atoms with Crippen molar-refractivity contribution in [1.29, 1.82) is 0 Å². The summed E-state index contributed by atoms with van der Waals surface area (Å²) in [6.45, 7) is 7.62. The zero-order chi connectivity index (χ0) is 13.5. The number of ether oxygens (including phenoxy) is 1. The maximum absolute atomic E-state index is 5.81. The summed E-state index contributed by atoms with van der Waals surface area (Å²) in [6.07, 6.45) is 0. The molecule has 0 atom stereocenters. The van der Waals surface area contributed by atoms with Crippen molar-refractivity contribution in [3.63, 3.8) is 0 Å². The lowest BCUT2D eigenvalue weighted by atomic mass is 10.5. The number of hydrogen-bond donors (Lipinski definition) is 0. The second-order valence-corrected chi connectivity index (χ2v) is 4.29. The Kier molecular flexibility index (Phi) is 6.07. The Morgan fingerprint density at radius 1 is 1.11 bits per heavy atom. The Bertz CT molecular complexity index is 370. The zero-order valence-corrected chi connectivity index (χ0v) is 12.1. The fourth-order valence-corrected chi connectivity index (χ4v) is 1.54. The summed E-state index contributed by atoms with van der Waals surface area (Å²) in [7, 11) is 3.68. The minimum Gasteiger partial charge on any atom is -0.462 e. The highest BCUT2D eigenvalue weighted by Gasteiger charge is 2.08. The molecular formula is C11H20ClN5O. The molecule has 6 nitrogen and oxygen atoms in total. The summed E-state index contributed by atoms with van der Waals surface area (Å²) in [6, 6.07) is 0.269. The molecule has 0 saturated heterocycles. The third kappa shape index (κ3) is 4.62. The van der Waals surface area contributed by atoms with Gasteiger partial charge in [0.2, 0.25) is 11.2 Å². The van der Waals surface area contributed by atoms with Crippen LogP contribution in [0.5, 0.6) is 6.01 Å². The first kappa shape index (κ1) is 14.9. The number of rotatable bonds is 7. The van der Waals surface area contributed by atoms with Gasteiger partial charge in [0.05, 0.1) is 0 Å². The minimum absolute atomic E-state index is 0.145. The predicted molar refractivity (Wildman–Crippen MR) is 72.4 cm³/mol. The van der Waals surface area contributed by atoms with E-state index in [1.165, 1.54) is 0 Å². The highest BCUT2D eigenvalue weighted by atomic mass is 35.5. The Hall–Kier alpha value is -1.14. The van der Waals surface area contributed by atoms with Crippen LogP contribution in [0.15, 0.2) is 0 Å². The molecule has 0 aliphatic rings. The van der Waals surface area contributed by atoms with E-state index >= 15 is 0 Å². The van der Waals surface area contributed by atoms with Gasteiger partial charge in [0.15, 0.2) is 0 Å². The molecule has 18 heavy (non-hydrogen) atoms. The van der Waals surface area contributed by atoms with Crippen LogP contribution in [0.25, 0.3) is 0 Å². The van der Waals surface area contributed by atoms with E-state index in [9.17, 15) is 0 Å². The molecule has 0 spiro atoms. The van der Waals surface area contributed by atoms with E-state index in [1.54, 1.807) is 4.90 Å². The van der Waals surface area contributed by atoms with Gasteiger partial charge in [-0.05, 0) is 24.7 Å². The van der Waals surface area contributed by atoms with Crippen LogP contribution in [0.1, 0.15) is 13.8 Å². The number of nitrogens with zero attached hydrogens (tertiary/aromatic N) is 5. The molecule has 1 aromatic heterocycles. The molecule has 1 rings (SSSR count). The van der Waals surface area contributed by atoms with Crippen molar-refractivity contribution in [2.75, 3.05) is 45.2 Å². The van der Waals surface area contributed by atoms with E-state index in [1.807, 2.05) is 14.1 Å². The van der Waals surface area contributed by atoms with Crippen LogP contribution >= 0.6 is 11.6 Å². The summed E-state index contributed by atoms with van der Waals surface area (Å²) >= 11 is 5.81. The predicted octanol–water partition coefficient (Wildman–Crippen LogP) is 1.31. The maximum Gasteiger partial charge on any atom is 0.322 e. The zero-order valence-electron chi connectivity index (χ0n) is 11.4. The average molecular weight is 274 g/mol. The fourth-order valence-electron chi connectivity index (χ4n) is 1.39. The number of anilines is 1. The van der Waals surface area contributed by atoms with Gasteiger partial charge in [-0.2, -0.15) is 15.0 Å². The topological polar surface area (TPSA) is 54.4 Å². The first-order valence-electron chi connectivity index (χ1n) is 6.00. The maximum atomic E-state index is 5.81. The normalized spacial score (nSPS) is 10.8.